The van der Waals surface area contributed by atoms with E-state index in [0.717, 1.165) is 11.4 Å². The lowest BCUT2D eigenvalue weighted by Crippen LogP contribution is -2.36. The van der Waals surface area contributed by atoms with E-state index in [2.05, 4.69) is 27.5 Å². The number of aliphatic imine (C=N–C) groups is 1. The van der Waals surface area contributed by atoms with Crippen molar-refractivity contribution < 1.29 is 4.92 Å². The molecule has 7 nitrogen and oxygen atoms in total. The minimum Gasteiger partial charge on any atom is -0.357 e. The van der Waals surface area contributed by atoms with Gasteiger partial charge in [-0.3, -0.25) is 10.1 Å². The molecule has 0 spiro atoms. The average molecular weight is 347 g/mol. The Morgan fingerprint density at radius 2 is 2.12 bits per heavy atom. The fourth-order valence-electron chi connectivity index (χ4n) is 2.08. The Morgan fingerprint density at radius 3 is 2.79 bits per heavy atom. The third kappa shape index (κ3) is 5.02. The molecule has 0 unspecified atom stereocenters. The number of rotatable bonds is 7. The molecule has 24 heavy (non-hydrogen) atoms. The van der Waals surface area contributed by atoms with E-state index in [4.69, 9.17) is 0 Å². The van der Waals surface area contributed by atoms with Crippen molar-refractivity contribution in [3.63, 3.8) is 0 Å². The molecule has 0 aliphatic rings. The normalized spacial score (nSPS) is 11.3. The Labute approximate surface area is 145 Å². The first kappa shape index (κ1) is 17.9. The van der Waals surface area contributed by atoms with Gasteiger partial charge in [-0.2, -0.15) is 0 Å². The summed E-state index contributed by atoms with van der Waals surface area (Å²) in [6, 6.07) is 6.65. The molecule has 1 heterocycles. The molecule has 0 fully saturated rings. The van der Waals surface area contributed by atoms with E-state index in [1.54, 1.807) is 29.5 Å². The number of aryl methyl sites for hydroxylation is 1. The van der Waals surface area contributed by atoms with Crippen LogP contribution in [-0.4, -0.2) is 22.4 Å². The standard InChI is InChI=1S/C16H21N5O2S/c1-3-13-10-18-15(24-13)11-20-16(17-4-2)19-9-12-7-5-6-8-14(12)21(22)23/h5-8,10H,3-4,9,11H2,1-2H3,(H2,17,19,20). The maximum atomic E-state index is 11.1. The van der Waals surface area contributed by atoms with E-state index in [1.807, 2.05) is 13.1 Å². The van der Waals surface area contributed by atoms with Crippen LogP contribution in [0.15, 0.2) is 35.5 Å². The van der Waals surface area contributed by atoms with Crippen LogP contribution in [0.25, 0.3) is 0 Å². The second-order valence-corrected chi connectivity index (χ2v) is 6.21. The van der Waals surface area contributed by atoms with Crippen LogP contribution in [0.5, 0.6) is 0 Å². The number of nitrogens with one attached hydrogen (secondary N) is 2. The molecule has 0 radical (unpaired) electrons. The minimum atomic E-state index is -0.382. The van der Waals surface area contributed by atoms with E-state index in [1.165, 1.54) is 10.9 Å². The molecular weight excluding hydrogens is 326 g/mol. The van der Waals surface area contributed by atoms with Gasteiger partial charge < -0.3 is 10.6 Å². The van der Waals surface area contributed by atoms with Crippen LogP contribution < -0.4 is 10.6 Å². The molecule has 0 bridgehead atoms. The lowest BCUT2D eigenvalue weighted by molar-refractivity contribution is -0.385. The maximum absolute atomic E-state index is 11.1. The molecule has 0 atom stereocenters. The summed E-state index contributed by atoms with van der Waals surface area (Å²) in [6.45, 7) is 5.60. The molecular formula is C16H21N5O2S. The zero-order chi connectivity index (χ0) is 17.4. The average Bonchev–Trinajstić information content (AvgIpc) is 3.05. The Morgan fingerprint density at radius 1 is 1.33 bits per heavy atom. The van der Waals surface area contributed by atoms with Gasteiger partial charge in [-0.1, -0.05) is 25.1 Å². The van der Waals surface area contributed by atoms with Gasteiger partial charge in [-0.05, 0) is 13.3 Å². The molecule has 1 aromatic carbocycles. The summed E-state index contributed by atoms with van der Waals surface area (Å²) in [7, 11) is 0. The van der Waals surface area contributed by atoms with Gasteiger partial charge in [-0.15, -0.1) is 11.3 Å². The van der Waals surface area contributed by atoms with Crippen LogP contribution >= 0.6 is 11.3 Å². The van der Waals surface area contributed by atoms with Gasteiger partial charge in [0, 0.05) is 23.7 Å². The summed E-state index contributed by atoms with van der Waals surface area (Å²) >= 11 is 1.67. The smallest absolute Gasteiger partial charge is 0.274 e. The number of nitro benzene ring substituents is 1. The number of aromatic nitrogens is 1. The van der Waals surface area contributed by atoms with Crippen molar-refractivity contribution in [3.05, 3.63) is 56.0 Å². The van der Waals surface area contributed by atoms with E-state index >= 15 is 0 Å². The predicted octanol–water partition coefficient (Wildman–Crippen LogP) is 2.87. The van der Waals surface area contributed by atoms with Crippen LogP contribution in [0, 0.1) is 10.1 Å². The third-order valence-corrected chi connectivity index (χ3v) is 4.44. The first-order valence-corrected chi connectivity index (χ1v) is 8.63. The lowest BCUT2D eigenvalue weighted by atomic mass is 10.2. The van der Waals surface area contributed by atoms with E-state index in [9.17, 15) is 10.1 Å². The second-order valence-electron chi connectivity index (χ2n) is 5.01. The summed E-state index contributed by atoms with van der Waals surface area (Å²) in [5.41, 5.74) is 0.673. The zero-order valence-corrected chi connectivity index (χ0v) is 14.6. The van der Waals surface area contributed by atoms with Crippen molar-refractivity contribution >= 4 is 23.0 Å². The number of hydrogen-bond acceptors (Lipinski definition) is 5. The van der Waals surface area contributed by atoms with Crippen LogP contribution in [0.2, 0.25) is 0 Å². The molecule has 2 N–H and O–H groups in total. The summed E-state index contributed by atoms with van der Waals surface area (Å²) in [6.07, 6.45) is 2.86. The molecule has 0 saturated heterocycles. The first-order chi connectivity index (χ1) is 11.6. The van der Waals surface area contributed by atoms with Crippen molar-refractivity contribution in [2.24, 2.45) is 4.99 Å². The largest absolute Gasteiger partial charge is 0.357 e. The third-order valence-electron chi connectivity index (χ3n) is 3.30. The first-order valence-electron chi connectivity index (χ1n) is 7.82. The van der Waals surface area contributed by atoms with E-state index in [0.29, 0.717) is 24.6 Å². The molecule has 128 valence electrons. The van der Waals surface area contributed by atoms with Gasteiger partial charge in [-0.25, -0.2) is 9.98 Å². The molecule has 1 aromatic heterocycles. The topological polar surface area (TPSA) is 92.5 Å². The molecule has 0 amide bonds. The van der Waals surface area contributed by atoms with Gasteiger partial charge in [0.05, 0.1) is 23.6 Å². The highest BCUT2D eigenvalue weighted by Gasteiger charge is 2.11. The van der Waals surface area contributed by atoms with Gasteiger partial charge >= 0.3 is 0 Å². The van der Waals surface area contributed by atoms with Crippen molar-refractivity contribution in [3.8, 4) is 0 Å². The fourth-order valence-corrected chi connectivity index (χ4v) is 2.88. The van der Waals surface area contributed by atoms with Crippen LogP contribution in [0.1, 0.15) is 29.3 Å². The number of nitrogens with zero attached hydrogens (tertiary/aromatic N) is 3. The van der Waals surface area contributed by atoms with Crippen LogP contribution in [0.4, 0.5) is 5.69 Å². The van der Waals surface area contributed by atoms with Crippen molar-refractivity contribution in [2.45, 2.75) is 33.4 Å². The Hall–Kier alpha value is -2.48. The van der Waals surface area contributed by atoms with Crippen molar-refractivity contribution in [2.75, 3.05) is 6.54 Å². The number of thiazole rings is 1. The lowest BCUT2D eigenvalue weighted by Gasteiger charge is -2.10. The van der Waals surface area contributed by atoms with Gasteiger partial charge in [0.15, 0.2) is 5.96 Å². The molecule has 0 aliphatic heterocycles. The SMILES string of the molecule is CCNC(=NCc1ccccc1[N+](=O)[O-])NCc1ncc(CC)s1. The van der Waals surface area contributed by atoms with E-state index < -0.39 is 0 Å². The Balaban J connectivity index is 2.04. The minimum absolute atomic E-state index is 0.0876. The zero-order valence-electron chi connectivity index (χ0n) is 13.8. The summed E-state index contributed by atoms with van der Waals surface area (Å²) in [5, 5.41) is 18.4. The number of nitro groups is 1. The number of benzene rings is 1. The molecule has 0 aliphatic carbocycles. The highest BCUT2D eigenvalue weighted by molar-refractivity contribution is 7.11. The quantitative estimate of drug-likeness (QED) is 0.348. The summed E-state index contributed by atoms with van der Waals surface area (Å²) < 4.78 is 0. The molecule has 0 saturated carbocycles. The van der Waals surface area contributed by atoms with Gasteiger partial charge in [0.1, 0.15) is 5.01 Å². The Kier molecular flexibility index (Phi) is 6.68. The molecule has 2 rings (SSSR count). The fraction of sp³-hybridized carbons (Fsp3) is 0.375. The summed E-state index contributed by atoms with van der Waals surface area (Å²) in [5.74, 6) is 0.615. The van der Waals surface area contributed by atoms with Crippen molar-refractivity contribution in [1.29, 1.82) is 0 Å². The van der Waals surface area contributed by atoms with Gasteiger partial charge in [0.25, 0.3) is 5.69 Å². The molecule has 8 heteroatoms. The summed E-state index contributed by atoms with van der Waals surface area (Å²) in [4.78, 5) is 20.7. The van der Waals surface area contributed by atoms with Crippen molar-refractivity contribution in [1.82, 2.24) is 15.6 Å². The number of guanidine groups is 1. The maximum Gasteiger partial charge on any atom is 0.274 e. The second kappa shape index (κ2) is 8.97. The van der Waals surface area contributed by atoms with Crippen LogP contribution in [0.3, 0.4) is 0 Å². The monoisotopic (exact) mass is 347 g/mol. The van der Waals surface area contributed by atoms with E-state index in [-0.39, 0.29) is 17.2 Å². The van der Waals surface area contributed by atoms with Crippen LogP contribution in [-0.2, 0) is 19.5 Å². The highest BCUT2D eigenvalue weighted by Crippen LogP contribution is 2.18. The predicted molar refractivity (Wildman–Crippen MR) is 96.2 cm³/mol. The number of hydrogen-bond donors (Lipinski definition) is 2. The highest BCUT2D eigenvalue weighted by atomic mass is 32.1. The van der Waals surface area contributed by atoms with Gasteiger partial charge in [0.2, 0.25) is 0 Å². The molecule has 2 aromatic rings. The number of para-hydroxylation sites is 1. The Bertz CT molecular complexity index is 714.